The van der Waals surface area contributed by atoms with Crippen molar-refractivity contribution < 1.29 is 14.3 Å². The van der Waals surface area contributed by atoms with Gasteiger partial charge < -0.3 is 15.4 Å². The average molecular weight is 475 g/mol. The fourth-order valence-electron chi connectivity index (χ4n) is 3.65. The Labute approximate surface area is 202 Å². The van der Waals surface area contributed by atoms with Gasteiger partial charge in [-0.1, -0.05) is 41.9 Å². The van der Waals surface area contributed by atoms with Crippen LogP contribution in [0.5, 0.6) is 5.75 Å². The lowest BCUT2D eigenvalue weighted by atomic mass is 10.1. The van der Waals surface area contributed by atoms with Gasteiger partial charge in [0.2, 0.25) is 5.91 Å². The number of hydrogen-bond acceptors (Lipinski definition) is 4. The fourth-order valence-corrected chi connectivity index (χ4v) is 3.91. The highest BCUT2D eigenvalue weighted by atomic mass is 35.5. The molecule has 0 unspecified atom stereocenters. The Hall–Kier alpha value is -4.10. The van der Waals surface area contributed by atoms with Gasteiger partial charge in [-0.3, -0.25) is 9.59 Å². The van der Waals surface area contributed by atoms with E-state index in [1.807, 2.05) is 37.3 Å². The molecule has 0 aliphatic rings. The van der Waals surface area contributed by atoms with Crippen molar-refractivity contribution >= 4 is 34.9 Å². The van der Waals surface area contributed by atoms with Crippen LogP contribution in [0.15, 0.2) is 72.8 Å². The van der Waals surface area contributed by atoms with E-state index in [1.165, 1.54) is 14.0 Å². The zero-order valence-corrected chi connectivity index (χ0v) is 19.7. The van der Waals surface area contributed by atoms with Gasteiger partial charge in [-0.25, -0.2) is 4.68 Å². The van der Waals surface area contributed by atoms with Crippen molar-refractivity contribution in [2.24, 2.45) is 0 Å². The number of anilines is 2. The van der Waals surface area contributed by atoms with E-state index >= 15 is 0 Å². The van der Waals surface area contributed by atoms with Crippen molar-refractivity contribution in [3.05, 3.63) is 89.1 Å². The van der Waals surface area contributed by atoms with Gasteiger partial charge in [0.05, 0.1) is 23.5 Å². The van der Waals surface area contributed by atoms with Crippen molar-refractivity contribution in [1.29, 1.82) is 0 Å². The minimum atomic E-state index is -0.281. The first kappa shape index (κ1) is 23.1. The average Bonchev–Trinajstić information content (AvgIpc) is 3.14. The number of aromatic nitrogens is 2. The Kier molecular flexibility index (Phi) is 6.65. The lowest BCUT2D eigenvalue weighted by Crippen LogP contribution is -2.13. The van der Waals surface area contributed by atoms with Crippen LogP contribution in [0.4, 0.5) is 11.5 Å². The first-order chi connectivity index (χ1) is 16.4. The van der Waals surface area contributed by atoms with Crippen molar-refractivity contribution in [2.45, 2.75) is 13.8 Å². The molecule has 0 saturated carbocycles. The summed E-state index contributed by atoms with van der Waals surface area (Å²) in [6.45, 7) is 3.35. The van der Waals surface area contributed by atoms with E-state index in [9.17, 15) is 9.59 Å². The maximum absolute atomic E-state index is 12.7. The molecule has 172 valence electrons. The normalized spacial score (nSPS) is 10.6. The van der Waals surface area contributed by atoms with Crippen molar-refractivity contribution in [1.82, 2.24) is 9.78 Å². The van der Waals surface area contributed by atoms with Crippen LogP contribution < -0.4 is 15.4 Å². The largest absolute Gasteiger partial charge is 0.495 e. The summed E-state index contributed by atoms with van der Waals surface area (Å²) in [6, 6.07) is 21.7. The summed E-state index contributed by atoms with van der Waals surface area (Å²) in [7, 11) is 1.53. The number of ether oxygens (including phenoxy) is 1. The Morgan fingerprint density at radius 1 is 0.971 bits per heavy atom. The number of rotatable bonds is 6. The molecule has 0 aliphatic heterocycles. The summed E-state index contributed by atoms with van der Waals surface area (Å²) in [4.78, 5) is 24.7. The summed E-state index contributed by atoms with van der Waals surface area (Å²) < 4.78 is 6.81. The summed E-state index contributed by atoms with van der Waals surface area (Å²) in [5.74, 6) is 0.619. The number of hydrogen-bond donors (Lipinski definition) is 2. The number of aryl methyl sites for hydroxylation is 1. The zero-order chi connectivity index (χ0) is 24.2. The number of carbonyl (C=O) groups excluding carboxylic acids is 2. The van der Waals surface area contributed by atoms with Crippen LogP contribution in [0, 0.1) is 6.92 Å². The molecular formula is C26H23ClN4O3. The SMILES string of the molecule is COc1ccc(NC(=O)c2ccc(-n3nc(C)c(-c4ccccc4)c3NC(C)=O)cc2)cc1Cl. The summed E-state index contributed by atoms with van der Waals surface area (Å²) in [6.07, 6.45) is 0. The highest BCUT2D eigenvalue weighted by Crippen LogP contribution is 2.33. The molecule has 0 aliphatic carbocycles. The number of carbonyl (C=O) groups is 2. The number of nitrogens with zero attached hydrogens (tertiary/aromatic N) is 2. The Morgan fingerprint density at radius 2 is 1.68 bits per heavy atom. The van der Waals surface area contributed by atoms with Gasteiger partial charge in [0, 0.05) is 23.7 Å². The summed E-state index contributed by atoms with van der Waals surface area (Å²) in [5.41, 5.74) is 4.29. The van der Waals surface area contributed by atoms with E-state index in [-0.39, 0.29) is 11.8 Å². The third-order valence-electron chi connectivity index (χ3n) is 5.20. The van der Waals surface area contributed by atoms with Crippen LogP contribution in [-0.2, 0) is 4.79 Å². The molecule has 1 heterocycles. The smallest absolute Gasteiger partial charge is 0.255 e. The first-order valence-corrected chi connectivity index (χ1v) is 10.9. The molecule has 4 rings (SSSR count). The van der Waals surface area contributed by atoms with Crippen molar-refractivity contribution in [3.8, 4) is 22.6 Å². The number of halogens is 1. The molecule has 0 saturated heterocycles. The quantitative estimate of drug-likeness (QED) is 0.374. The van der Waals surface area contributed by atoms with Crippen molar-refractivity contribution in [3.63, 3.8) is 0 Å². The second-order valence-corrected chi connectivity index (χ2v) is 8.03. The summed E-state index contributed by atoms with van der Waals surface area (Å²) in [5, 5.41) is 10.8. The highest BCUT2D eigenvalue weighted by molar-refractivity contribution is 6.32. The molecule has 8 heteroatoms. The maximum atomic E-state index is 12.7. The number of benzene rings is 3. The molecular weight excluding hydrogens is 452 g/mol. The minimum absolute atomic E-state index is 0.201. The molecule has 2 amide bonds. The molecule has 0 radical (unpaired) electrons. The van der Waals surface area contributed by atoms with Gasteiger partial charge in [-0.05, 0) is 55.0 Å². The van der Waals surface area contributed by atoms with Crippen LogP contribution in [0.3, 0.4) is 0 Å². The second kappa shape index (κ2) is 9.80. The molecule has 34 heavy (non-hydrogen) atoms. The second-order valence-electron chi connectivity index (χ2n) is 7.62. The van der Waals surface area contributed by atoms with E-state index in [0.717, 1.165) is 16.8 Å². The van der Waals surface area contributed by atoms with Crippen LogP contribution in [0.1, 0.15) is 23.0 Å². The van der Waals surface area contributed by atoms with E-state index in [2.05, 4.69) is 15.7 Å². The van der Waals surface area contributed by atoms with E-state index in [0.29, 0.717) is 33.5 Å². The van der Waals surface area contributed by atoms with E-state index < -0.39 is 0 Å². The summed E-state index contributed by atoms with van der Waals surface area (Å²) >= 11 is 6.14. The number of methoxy groups -OCH3 is 1. The predicted octanol–water partition coefficient (Wildman–Crippen LogP) is 5.72. The Balaban J connectivity index is 1.63. The molecule has 7 nitrogen and oxygen atoms in total. The molecule has 2 N–H and O–H groups in total. The number of nitrogens with one attached hydrogen (secondary N) is 2. The van der Waals surface area contributed by atoms with Gasteiger partial charge in [0.1, 0.15) is 11.6 Å². The number of amides is 2. The van der Waals surface area contributed by atoms with Crippen molar-refractivity contribution in [2.75, 3.05) is 17.7 Å². The van der Waals surface area contributed by atoms with Gasteiger partial charge in [0.15, 0.2) is 0 Å². The zero-order valence-electron chi connectivity index (χ0n) is 18.9. The lowest BCUT2D eigenvalue weighted by Gasteiger charge is -2.11. The lowest BCUT2D eigenvalue weighted by molar-refractivity contribution is -0.114. The van der Waals surface area contributed by atoms with E-state index in [1.54, 1.807) is 47.1 Å². The molecule has 0 atom stereocenters. The van der Waals surface area contributed by atoms with Crippen LogP contribution in [0.25, 0.3) is 16.8 Å². The molecule has 3 aromatic carbocycles. The first-order valence-electron chi connectivity index (χ1n) is 10.6. The van der Waals surface area contributed by atoms with Crippen LogP contribution >= 0.6 is 11.6 Å². The van der Waals surface area contributed by atoms with Crippen LogP contribution in [0.2, 0.25) is 5.02 Å². The molecule has 1 aromatic heterocycles. The van der Waals surface area contributed by atoms with Crippen LogP contribution in [-0.4, -0.2) is 28.7 Å². The van der Waals surface area contributed by atoms with Gasteiger partial charge in [0.25, 0.3) is 5.91 Å². The van der Waals surface area contributed by atoms with Gasteiger partial charge in [-0.2, -0.15) is 5.10 Å². The monoisotopic (exact) mass is 474 g/mol. The fraction of sp³-hybridized carbons (Fsp3) is 0.115. The molecule has 0 fully saturated rings. The standard InChI is InChI=1S/C26H23ClN4O3/c1-16-24(18-7-5-4-6-8-18)25(28-17(2)32)31(30-16)21-12-9-19(10-13-21)26(33)29-20-11-14-23(34-3)22(27)15-20/h4-15H,1-3H3,(H,28,32)(H,29,33). The Morgan fingerprint density at radius 3 is 2.29 bits per heavy atom. The topological polar surface area (TPSA) is 85.2 Å². The van der Waals surface area contributed by atoms with Gasteiger partial charge >= 0.3 is 0 Å². The molecule has 0 bridgehead atoms. The third kappa shape index (κ3) is 4.79. The van der Waals surface area contributed by atoms with Gasteiger partial charge in [-0.15, -0.1) is 0 Å². The molecule has 4 aromatic rings. The van der Waals surface area contributed by atoms with E-state index in [4.69, 9.17) is 16.3 Å². The Bertz CT molecular complexity index is 1350. The third-order valence-corrected chi connectivity index (χ3v) is 5.50. The highest BCUT2D eigenvalue weighted by Gasteiger charge is 2.19. The minimum Gasteiger partial charge on any atom is -0.495 e. The molecule has 0 spiro atoms. The maximum Gasteiger partial charge on any atom is 0.255 e. The predicted molar refractivity (Wildman–Crippen MR) is 134 cm³/mol.